The van der Waals surface area contributed by atoms with Gasteiger partial charge in [0.25, 0.3) is 0 Å². The summed E-state index contributed by atoms with van der Waals surface area (Å²) in [5.74, 6) is 0.593. The van der Waals surface area contributed by atoms with Gasteiger partial charge in [0.1, 0.15) is 10.8 Å². The number of rotatable bonds is 2. The van der Waals surface area contributed by atoms with Crippen molar-refractivity contribution in [1.82, 2.24) is 15.0 Å². The molecule has 0 amide bonds. The minimum atomic E-state index is 0.496. The molecule has 0 fully saturated rings. The normalized spacial score (nSPS) is 10.6. The summed E-state index contributed by atoms with van der Waals surface area (Å²) in [6.07, 6.45) is 0.833. The third kappa shape index (κ3) is 2.74. The van der Waals surface area contributed by atoms with E-state index in [0.29, 0.717) is 11.0 Å². The van der Waals surface area contributed by atoms with Crippen LogP contribution in [0.4, 0.5) is 0 Å². The number of pyridine rings is 1. The number of halogens is 2. The van der Waals surface area contributed by atoms with Gasteiger partial charge in [0, 0.05) is 5.69 Å². The molecule has 0 aliphatic rings. The Morgan fingerprint density at radius 1 is 1.24 bits per heavy atom. The van der Waals surface area contributed by atoms with Crippen molar-refractivity contribution in [3.8, 4) is 11.5 Å². The topological polar surface area (TPSA) is 38.7 Å². The largest absolute Gasteiger partial charge is 0.250 e. The van der Waals surface area contributed by atoms with Crippen LogP contribution in [0.1, 0.15) is 18.3 Å². The van der Waals surface area contributed by atoms with Crippen LogP contribution in [0.2, 0.25) is 5.15 Å². The van der Waals surface area contributed by atoms with Gasteiger partial charge in [-0.1, -0.05) is 24.6 Å². The van der Waals surface area contributed by atoms with Crippen LogP contribution in [-0.4, -0.2) is 15.0 Å². The lowest BCUT2D eigenvalue weighted by Gasteiger charge is -2.06. The van der Waals surface area contributed by atoms with E-state index >= 15 is 0 Å². The molecule has 2 heterocycles. The maximum absolute atomic E-state index is 6.10. The van der Waals surface area contributed by atoms with E-state index in [2.05, 4.69) is 37.5 Å². The summed E-state index contributed by atoms with van der Waals surface area (Å²) < 4.78 is 0.920. The standard InChI is InChI=1S/C12H11ClIN3/c1-3-8-10(14)11(13)17-12(16-8)9-6-4-5-7(2)15-9/h4-6H,3H2,1-2H3. The first-order valence-electron chi connectivity index (χ1n) is 5.27. The Morgan fingerprint density at radius 3 is 2.65 bits per heavy atom. The second kappa shape index (κ2) is 5.27. The van der Waals surface area contributed by atoms with Gasteiger partial charge in [0.05, 0.1) is 9.26 Å². The summed E-state index contributed by atoms with van der Waals surface area (Å²) >= 11 is 8.27. The lowest BCUT2D eigenvalue weighted by atomic mass is 10.2. The summed E-state index contributed by atoms with van der Waals surface area (Å²) in [6, 6.07) is 5.78. The molecule has 0 unspecified atom stereocenters. The van der Waals surface area contributed by atoms with Gasteiger partial charge in [0.15, 0.2) is 5.82 Å². The maximum Gasteiger partial charge on any atom is 0.179 e. The highest BCUT2D eigenvalue weighted by Gasteiger charge is 2.11. The fourth-order valence-corrected chi connectivity index (χ4v) is 2.29. The van der Waals surface area contributed by atoms with Gasteiger partial charge in [-0.05, 0) is 48.1 Å². The van der Waals surface area contributed by atoms with Crippen molar-refractivity contribution in [3.63, 3.8) is 0 Å². The first-order valence-corrected chi connectivity index (χ1v) is 6.73. The number of aryl methyl sites for hydroxylation is 2. The minimum absolute atomic E-state index is 0.496. The fraction of sp³-hybridized carbons (Fsp3) is 0.250. The Bertz CT molecular complexity index is 557. The molecule has 0 radical (unpaired) electrons. The molecule has 0 aromatic carbocycles. The van der Waals surface area contributed by atoms with E-state index < -0.39 is 0 Å². The van der Waals surface area contributed by atoms with E-state index in [1.807, 2.05) is 32.0 Å². The third-order valence-corrected chi connectivity index (χ3v) is 4.06. The quantitative estimate of drug-likeness (QED) is 0.607. The van der Waals surface area contributed by atoms with Crippen molar-refractivity contribution < 1.29 is 0 Å². The van der Waals surface area contributed by atoms with E-state index in [-0.39, 0.29) is 0 Å². The Balaban J connectivity index is 2.56. The zero-order valence-electron chi connectivity index (χ0n) is 9.54. The minimum Gasteiger partial charge on any atom is -0.250 e. The Kier molecular flexibility index (Phi) is 3.93. The number of aromatic nitrogens is 3. The van der Waals surface area contributed by atoms with E-state index in [0.717, 1.165) is 27.1 Å². The van der Waals surface area contributed by atoms with Crippen LogP contribution in [0.3, 0.4) is 0 Å². The Labute approximate surface area is 119 Å². The van der Waals surface area contributed by atoms with Gasteiger partial charge < -0.3 is 0 Å². The molecule has 0 bridgehead atoms. The molecule has 3 nitrogen and oxygen atoms in total. The molecule has 2 aromatic rings. The lowest BCUT2D eigenvalue weighted by molar-refractivity contribution is 0.980. The van der Waals surface area contributed by atoms with Gasteiger partial charge >= 0.3 is 0 Å². The maximum atomic E-state index is 6.10. The highest BCUT2D eigenvalue weighted by Crippen LogP contribution is 2.23. The predicted octanol–water partition coefficient (Wildman–Crippen LogP) is 3.67. The predicted molar refractivity (Wildman–Crippen MR) is 77.1 cm³/mol. The molecule has 0 aliphatic heterocycles. The molecule has 88 valence electrons. The van der Waals surface area contributed by atoms with Gasteiger partial charge in [-0.2, -0.15) is 0 Å². The second-order valence-electron chi connectivity index (χ2n) is 3.62. The van der Waals surface area contributed by atoms with E-state index in [1.165, 1.54) is 0 Å². The SMILES string of the molecule is CCc1nc(-c2cccc(C)n2)nc(Cl)c1I. The summed E-state index contributed by atoms with van der Waals surface area (Å²) in [5.41, 5.74) is 2.67. The fourth-order valence-electron chi connectivity index (χ4n) is 1.48. The smallest absolute Gasteiger partial charge is 0.179 e. The highest BCUT2D eigenvalue weighted by atomic mass is 127. The van der Waals surface area contributed by atoms with Crippen LogP contribution < -0.4 is 0 Å². The Hall–Kier alpha value is -0.750. The zero-order valence-corrected chi connectivity index (χ0v) is 12.5. The molecule has 0 atom stereocenters. The molecule has 5 heteroatoms. The summed E-state index contributed by atoms with van der Waals surface area (Å²) in [7, 11) is 0. The number of hydrogen-bond acceptors (Lipinski definition) is 3. The van der Waals surface area contributed by atoms with Crippen LogP contribution in [0.25, 0.3) is 11.5 Å². The summed E-state index contributed by atoms with van der Waals surface area (Å²) in [4.78, 5) is 13.2. The average Bonchev–Trinajstić information content (AvgIpc) is 2.32. The summed E-state index contributed by atoms with van der Waals surface area (Å²) in [5, 5.41) is 0.496. The molecule has 2 aromatic heterocycles. The highest BCUT2D eigenvalue weighted by molar-refractivity contribution is 14.1. The van der Waals surface area contributed by atoms with Crippen molar-refractivity contribution in [2.24, 2.45) is 0 Å². The molecule has 0 N–H and O–H groups in total. The number of nitrogens with zero attached hydrogens (tertiary/aromatic N) is 3. The van der Waals surface area contributed by atoms with Gasteiger partial charge in [-0.3, -0.25) is 0 Å². The van der Waals surface area contributed by atoms with Crippen molar-refractivity contribution >= 4 is 34.2 Å². The summed E-state index contributed by atoms with van der Waals surface area (Å²) in [6.45, 7) is 3.99. The molecule has 17 heavy (non-hydrogen) atoms. The molecular formula is C12H11ClIN3. The lowest BCUT2D eigenvalue weighted by Crippen LogP contribution is -2.01. The molecule has 0 saturated carbocycles. The van der Waals surface area contributed by atoms with Crippen molar-refractivity contribution in [1.29, 1.82) is 0 Å². The zero-order chi connectivity index (χ0) is 12.4. The Morgan fingerprint density at radius 2 is 2.00 bits per heavy atom. The van der Waals surface area contributed by atoms with Crippen molar-refractivity contribution in [3.05, 3.63) is 38.3 Å². The van der Waals surface area contributed by atoms with Crippen molar-refractivity contribution in [2.45, 2.75) is 20.3 Å². The van der Waals surface area contributed by atoms with Crippen LogP contribution in [-0.2, 0) is 6.42 Å². The number of hydrogen-bond donors (Lipinski definition) is 0. The van der Waals surface area contributed by atoms with Crippen molar-refractivity contribution in [2.75, 3.05) is 0 Å². The first-order chi connectivity index (χ1) is 8.11. The second-order valence-corrected chi connectivity index (χ2v) is 5.05. The van der Waals surface area contributed by atoms with Crippen LogP contribution >= 0.6 is 34.2 Å². The van der Waals surface area contributed by atoms with Gasteiger partial charge in [-0.15, -0.1) is 0 Å². The third-order valence-electron chi connectivity index (χ3n) is 2.33. The van der Waals surface area contributed by atoms with Gasteiger partial charge in [0.2, 0.25) is 0 Å². The molecule has 0 aliphatic carbocycles. The van der Waals surface area contributed by atoms with Crippen LogP contribution in [0.15, 0.2) is 18.2 Å². The van der Waals surface area contributed by atoms with E-state index in [9.17, 15) is 0 Å². The first kappa shape index (κ1) is 12.7. The molecular weight excluding hydrogens is 349 g/mol. The van der Waals surface area contributed by atoms with E-state index in [1.54, 1.807) is 0 Å². The monoisotopic (exact) mass is 359 g/mol. The van der Waals surface area contributed by atoms with E-state index in [4.69, 9.17) is 11.6 Å². The molecule has 0 spiro atoms. The molecule has 2 rings (SSSR count). The molecule has 0 saturated heterocycles. The van der Waals surface area contributed by atoms with Crippen LogP contribution in [0, 0.1) is 10.5 Å². The average molecular weight is 360 g/mol. The van der Waals surface area contributed by atoms with Crippen LogP contribution in [0.5, 0.6) is 0 Å². The van der Waals surface area contributed by atoms with Gasteiger partial charge in [-0.25, -0.2) is 15.0 Å².